The molecular weight excluding hydrogens is 814 g/mol. The van der Waals surface area contributed by atoms with Crippen molar-refractivity contribution in [3.05, 3.63) is 116 Å². The molecule has 0 spiro atoms. The minimum Gasteiger partial charge on any atom is -0.465 e. The van der Waals surface area contributed by atoms with E-state index in [4.69, 9.17) is 26.7 Å². The molecule has 0 saturated carbocycles. The topological polar surface area (TPSA) is 168 Å². The Morgan fingerprint density at radius 2 is 1.70 bits per heavy atom. The zero-order chi connectivity index (χ0) is 44.1. The van der Waals surface area contributed by atoms with E-state index in [1.165, 1.54) is 28.2 Å². The maximum absolute atomic E-state index is 14.0. The molecule has 13 nitrogen and oxygen atoms in total. The van der Waals surface area contributed by atoms with Gasteiger partial charge in [0, 0.05) is 70.9 Å². The van der Waals surface area contributed by atoms with Crippen LogP contribution in [0.2, 0.25) is 5.02 Å². The molecule has 2 N–H and O–H groups in total. The van der Waals surface area contributed by atoms with Gasteiger partial charge in [0.2, 0.25) is 11.8 Å². The number of methoxy groups -OCH3 is 1. The zero-order valence-electron chi connectivity index (χ0n) is 34.8. The van der Waals surface area contributed by atoms with Crippen LogP contribution in [-0.4, -0.2) is 104 Å². The second kappa shape index (κ2) is 18.9. The molecule has 4 aromatic rings. The van der Waals surface area contributed by atoms with Crippen LogP contribution in [0.1, 0.15) is 84.4 Å². The summed E-state index contributed by atoms with van der Waals surface area (Å²) in [5.74, 6) is 4.34. The number of anilines is 2. The van der Waals surface area contributed by atoms with Crippen molar-refractivity contribution in [3.63, 3.8) is 0 Å². The van der Waals surface area contributed by atoms with Crippen LogP contribution in [0, 0.1) is 42.4 Å². The van der Waals surface area contributed by atoms with E-state index < -0.39 is 12.0 Å². The number of likely N-dealkylation sites (tertiary alicyclic amines) is 1. The molecule has 15 heteroatoms. The molecule has 0 aliphatic carbocycles. The van der Waals surface area contributed by atoms with Crippen molar-refractivity contribution in [3.8, 4) is 11.8 Å². The number of hydrogen-bond donors (Lipinski definition) is 2. The molecule has 0 radical (unpaired) electrons. The number of ether oxygens (including phenoxy) is 1. The number of aryl methyl sites for hydroxylation is 1. The van der Waals surface area contributed by atoms with Crippen molar-refractivity contribution < 1.29 is 28.7 Å². The van der Waals surface area contributed by atoms with Gasteiger partial charge in [-0.15, -0.1) is 11.3 Å². The van der Waals surface area contributed by atoms with Crippen molar-refractivity contribution in [1.82, 2.24) is 9.80 Å². The average Bonchev–Trinajstić information content (AvgIpc) is 3.48. The first-order valence-electron chi connectivity index (χ1n) is 19.6. The van der Waals surface area contributed by atoms with Gasteiger partial charge in [-0.2, -0.15) is 0 Å². The SMILES string of the molecule is COC(=O)c1ccc(N(C)C(=O)C2CCN(C(=O)C[C@@H]3N=C(c4ccc(Cl)cc4)c4c(sc(C)c4C)N(C(C)=N)C3=N)CC2)cc1C#CCN(C)C(=O)c1ccccc1C=O. The number of piperidine rings is 1. The lowest BCUT2D eigenvalue weighted by molar-refractivity contribution is -0.134. The van der Waals surface area contributed by atoms with Crippen molar-refractivity contribution in [2.75, 3.05) is 50.6 Å². The number of carbonyl (C=O) groups excluding carboxylic acids is 5. The van der Waals surface area contributed by atoms with Crippen LogP contribution in [0.3, 0.4) is 0 Å². The number of fused-ring (bicyclic) bond motifs is 1. The Hall–Kier alpha value is -6.43. The summed E-state index contributed by atoms with van der Waals surface area (Å²) in [4.78, 5) is 77.3. The molecule has 1 aromatic heterocycles. The molecule has 2 aliphatic heterocycles. The Kier molecular flexibility index (Phi) is 13.7. The highest BCUT2D eigenvalue weighted by Crippen LogP contribution is 2.40. The van der Waals surface area contributed by atoms with Gasteiger partial charge in [0.25, 0.3) is 5.91 Å². The maximum atomic E-state index is 14.0. The van der Waals surface area contributed by atoms with Crippen LogP contribution in [-0.2, 0) is 14.3 Å². The standard InChI is InChI=1S/C46H46ClN7O6S/c1-27-28(2)61-45-40(27)41(30-13-15-34(47)16-14-30)50-38(42(49)54(45)29(3)48)25-39(56)53-22-19-31(20-23-53)43(57)52(5)35-17-18-37(46(59)60-6)32(24-35)11-9-21-51(4)44(58)36-12-8-7-10-33(36)26-55/h7-8,10,12-18,24,26,31,38,48-49H,19-23,25H2,1-6H3/t38-/m0/s1. The lowest BCUT2D eigenvalue weighted by atomic mass is 9.94. The number of halogens is 1. The van der Waals surface area contributed by atoms with Gasteiger partial charge < -0.3 is 19.4 Å². The normalized spacial score (nSPS) is 15.1. The maximum Gasteiger partial charge on any atom is 0.339 e. The van der Waals surface area contributed by atoms with Gasteiger partial charge >= 0.3 is 5.97 Å². The molecule has 3 heterocycles. The summed E-state index contributed by atoms with van der Waals surface area (Å²) < 4.78 is 4.97. The van der Waals surface area contributed by atoms with Gasteiger partial charge in [-0.25, -0.2) is 4.79 Å². The molecule has 1 saturated heterocycles. The number of nitrogens with one attached hydrogen (secondary N) is 2. The second-order valence-electron chi connectivity index (χ2n) is 14.9. The number of thiophene rings is 1. The number of nitrogens with zero attached hydrogens (tertiary/aromatic N) is 5. The van der Waals surface area contributed by atoms with Crippen molar-refractivity contribution in [2.45, 2.75) is 46.1 Å². The quantitative estimate of drug-likeness (QED) is 0.0599. The van der Waals surface area contributed by atoms with Gasteiger partial charge in [0.15, 0.2) is 6.29 Å². The van der Waals surface area contributed by atoms with Crippen LogP contribution in [0.25, 0.3) is 0 Å². The fraction of sp³-hybridized carbons (Fsp3) is 0.304. The first kappa shape index (κ1) is 44.1. The molecule has 0 unspecified atom stereocenters. The van der Waals surface area contributed by atoms with Crippen LogP contribution >= 0.6 is 22.9 Å². The molecule has 3 aromatic carbocycles. The fourth-order valence-electron chi connectivity index (χ4n) is 7.42. The number of rotatable bonds is 9. The number of hydrogen-bond acceptors (Lipinski definition) is 10. The molecule has 3 amide bonds. The lowest BCUT2D eigenvalue weighted by Crippen LogP contribution is -2.46. The fourth-order valence-corrected chi connectivity index (χ4v) is 8.77. The average molecular weight is 860 g/mol. The molecule has 2 aliphatic rings. The molecular formula is C46H46ClN7O6S. The summed E-state index contributed by atoms with van der Waals surface area (Å²) in [7, 11) is 4.47. The van der Waals surface area contributed by atoms with Gasteiger partial charge in [0.05, 0.1) is 36.9 Å². The molecule has 1 fully saturated rings. The number of aldehydes is 1. The number of benzene rings is 3. The zero-order valence-corrected chi connectivity index (χ0v) is 36.4. The first-order chi connectivity index (χ1) is 29.1. The van der Waals surface area contributed by atoms with E-state index in [2.05, 4.69) is 11.8 Å². The second-order valence-corrected chi connectivity index (χ2v) is 16.6. The summed E-state index contributed by atoms with van der Waals surface area (Å²) in [5.41, 5.74) is 4.77. The van der Waals surface area contributed by atoms with Gasteiger partial charge in [0.1, 0.15) is 22.7 Å². The van der Waals surface area contributed by atoms with Crippen LogP contribution in [0.5, 0.6) is 0 Å². The number of carbonyl (C=O) groups is 5. The van der Waals surface area contributed by atoms with E-state index in [-0.39, 0.29) is 65.0 Å². The minimum atomic E-state index is -0.867. The van der Waals surface area contributed by atoms with E-state index in [0.29, 0.717) is 54.2 Å². The third-order valence-corrected chi connectivity index (χ3v) is 12.4. The molecule has 61 heavy (non-hydrogen) atoms. The highest BCUT2D eigenvalue weighted by molar-refractivity contribution is 7.17. The molecule has 6 rings (SSSR count). The van der Waals surface area contributed by atoms with E-state index in [1.54, 1.807) is 85.4 Å². The van der Waals surface area contributed by atoms with Gasteiger partial charge in [-0.1, -0.05) is 53.8 Å². The smallest absolute Gasteiger partial charge is 0.339 e. The molecule has 1 atom stereocenters. The third-order valence-electron chi connectivity index (χ3n) is 11.0. The highest BCUT2D eigenvalue weighted by atomic mass is 35.5. The summed E-state index contributed by atoms with van der Waals surface area (Å²) in [6.45, 7) is 6.28. The summed E-state index contributed by atoms with van der Waals surface area (Å²) in [6, 6.07) is 17.7. The monoisotopic (exact) mass is 859 g/mol. The van der Waals surface area contributed by atoms with Crippen molar-refractivity contribution in [2.24, 2.45) is 10.9 Å². The summed E-state index contributed by atoms with van der Waals surface area (Å²) in [6.07, 6.45) is 1.37. The van der Waals surface area contributed by atoms with Crippen LogP contribution in [0.4, 0.5) is 10.7 Å². The Bertz CT molecular complexity index is 2530. The predicted octanol–water partition coefficient (Wildman–Crippen LogP) is 7.03. The Morgan fingerprint density at radius 3 is 2.36 bits per heavy atom. The number of amides is 3. The highest BCUT2D eigenvalue weighted by Gasteiger charge is 2.37. The van der Waals surface area contributed by atoms with Crippen LogP contribution < -0.4 is 9.80 Å². The van der Waals surface area contributed by atoms with E-state index >= 15 is 0 Å². The Balaban J connectivity index is 1.15. The number of esters is 1. The van der Waals surface area contributed by atoms with Crippen molar-refractivity contribution >= 4 is 81.0 Å². The molecule has 314 valence electrons. The largest absolute Gasteiger partial charge is 0.465 e. The van der Waals surface area contributed by atoms with E-state index in [9.17, 15) is 29.4 Å². The number of aliphatic imine (C=N–C) groups is 1. The van der Waals surface area contributed by atoms with E-state index in [0.717, 1.165) is 26.6 Å². The van der Waals surface area contributed by atoms with Crippen LogP contribution in [0.15, 0.2) is 71.7 Å². The van der Waals surface area contributed by atoms with Crippen molar-refractivity contribution in [1.29, 1.82) is 10.8 Å². The first-order valence-corrected chi connectivity index (χ1v) is 20.8. The summed E-state index contributed by atoms with van der Waals surface area (Å²) >= 11 is 7.72. The molecule has 0 bridgehead atoms. The minimum absolute atomic E-state index is 0.00398. The third kappa shape index (κ3) is 9.33. The van der Waals surface area contributed by atoms with Gasteiger partial charge in [-0.05, 0) is 75.6 Å². The van der Waals surface area contributed by atoms with E-state index in [1.807, 2.05) is 26.0 Å². The predicted molar refractivity (Wildman–Crippen MR) is 239 cm³/mol. The summed E-state index contributed by atoms with van der Waals surface area (Å²) in [5, 5.41) is 19.2. The Labute approximate surface area is 364 Å². The lowest BCUT2D eigenvalue weighted by Gasteiger charge is -2.34. The van der Waals surface area contributed by atoms with Gasteiger partial charge in [-0.3, -0.25) is 39.9 Å². The number of amidine groups is 2. The Morgan fingerprint density at radius 1 is 1.02 bits per heavy atom.